The molecule has 2 amide bonds. The lowest BCUT2D eigenvalue weighted by Crippen LogP contribution is -2.53. The highest BCUT2D eigenvalue weighted by Gasteiger charge is 2.32. The SMILES string of the molecule is Cc1c(CN2CCN(C(=O)CC3CC3)[C@@H](C)C2)cc(Cl)cc1NC(=O)CCC(C)(C)C#N. The van der Waals surface area contributed by atoms with Crippen molar-refractivity contribution in [2.45, 2.75) is 72.4 Å². The van der Waals surface area contributed by atoms with Crippen LogP contribution in [0.2, 0.25) is 5.02 Å². The molecule has 1 aromatic carbocycles. The minimum Gasteiger partial charge on any atom is -0.337 e. The van der Waals surface area contributed by atoms with Gasteiger partial charge in [-0.3, -0.25) is 14.5 Å². The molecule has 0 unspecified atom stereocenters. The molecule has 0 spiro atoms. The summed E-state index contributed by atoms with van der Waals surface area (Å²) < 4.78 is 0. The van der Waals surface area contributed by atoms with Crippen molar-refractivity contribution in [2.75, 3.05) is 25.0 Å². The summed E-state index contributed by atoms with van der Waals surface area (Å²) in [5, 5.41) is 12.7. The number of benzene rings is 1. The third-order valence-electron chi connectivity index (χ3n) is 6.62. The van der Waals surface area contributed by atoms with Crippen LogP contribution in [0.15, 0.2) is 12.1 Å². The second kappa shape index (κ2) is 10.2. The molecule has 0 bridgehead atoms. The average Bonchev–Trinajstić information content (AvgIpc) is 3.54. The van der Waals surface area contributed by atoms with Crippen LogP contribution in [-0.2, 0) is 16.1 Å². The minimum atomic E-state index is -0.523. The van der Waals surface area contributed by atoms with Crippen LogP contribution < -0.4 is 5.32 Å². The lowest BCUT2D eigenvalue weighted by Gasteiger charge is -2.40. The zero-order valence-electron chi connectivity index (χ0n) is 19.7. The lowest BCUT2D eigenvalue weighted by molar-refractivity contribution is -0.136. The third-order valence-corrected chi connectivity index (χ3v) is 6.84. The van der Waals surface area contributed by atoms with Crippen molar-refractivity contribution in [3.8, 4) is 6.07 Å². The number of hydrogen-bond donors (Lipinski definition) is 1. The van der Waals surface area contributed by atoms with Crippen LogP contribution >= 0.6 is 11.6 Å². The molecular formula is C25H35ClN4O2. The third kappa shape index (κ3) is 6.70. The van der Waals surface area contributed by atoms with Crippen molar-refractivity contribution in [2.24, 2.45) is 11.3 Å². The number of hydrogen-bond acceptors (Lipinski definition) is 4. The first-order chi connectivity index (χ1) is 15.1. The van der Waals surface area contributed by atoms with Gasteiger partial charge < -0.3 is 10.2 Å². The van der Waals surface area contributed by atoms with Gasteiger partial charge in [0.15, 0.2) is 0 Å². The monoisotopic (exact) mass is 458 g/mol. The van der Waals surface area contributed by atoms with E-state index in [-0.39, 0.29) is 18.4 Å². The van der Waals surface area contributed by atoms with Gasteiger partial charge in [-0.2, -0.15) is 5.26 Å². The molecule has 2 fully saturated rings. The van der Waals surface area contributed by atoms with Gasteiger partial charge in [0.25, 0.3) is 0 Å². The maximum atomic E-state index is 12.5. The number of anilines is 1. The van der Waals surface area contributed by atoms with E-state index >= 15 is 0 Å². The summed E-state index contributed by atoms with van der Waals surface area (Å²) in [6.45, 7) is 10.9. The molecular weight excluding hydrogens is 424 g/mol. The second-order valence-corrected chi connectivity index (χ2v) is 10.5. The Labute approximate surface area is 196 Å². The summed E-state index contributed by atoms with van der Waals surface area (Å²) in [5.41, 5.74) is 2.28. The van der Waals surface area contributed by atoms with E-state index in [0.717, 1.165) is 43.0 Å². The number of rotatable bonds is 8. The van der Waals surface area contributed by atoms with Gasteiger partial charge in [0, 0.05) is 55.8 Å². The predicted octanol–water partition coefficient (Wildman–Crippen LogP) is 4.75. The number of carbonyl (C=O) groups is 2. The number of piperazine rings is 1. The zero-order valence-corrected chi connectivity index (χ0v) is 20.5. The Morgan fingerprint density at radius 3 is 2.62 bits per heavy atom. The van der Waals surface area contributed by atoms with Gasteiger partial charge >= 0.3 is 0 Å². The fraction of sp³-hybridized carbons (Fsp3) is 0.640. The van der Waals surface area contributed by atoms with E-state index in [1.807, 2.05) is 31.7 Å². The maximum Gasteiger partial charge on any atom is 0.224 e. The molecule has 1 aromatic rings. The number of amides is 2. The van der Waals surface area contributed by atoms with E-state index in [4.69, 9.17) is 16.9 Å². The largest absolute Gasteiger partial charge is 0.337 e. The van der Waals surface area contributed by atoms with Crippen molar-refractivity contribution in [1.82, 2.24) is 9.80 Å². The Hall–Kier alpha value is -2.10. The maximum absolute atomic E-state index is 12.5. The molecule has 2 aliphatic rings. The molecule has 3 rings (SSSR count). The number of carbonyl (C=O) groups excluding carboxylic acids is 2. The van der Waals surface area contributed by atoms with Gasteiger partial charge in [-0.1, -0.05) is 11.6 Å². The average molecular weight is 459 g/mol. The van der Waals surface area contributed by atoms with Gasteiger partial charge in [-0.05, 0) is 76.1 Å². The Balaban J connectivity index is 1.60. The quantitative estimate of drug-likeness (QED) is 0.609. The van der Waals surface area contributed by atoms with Crippen LogP contribution in [0.25, 0.3) is 0 Å². The second-order valence-electron chi connectivity index (χ2n) is 10.1. The fourth-order valence-electron chi connectivity index (χ4n) is 4.20. The number of halogens is 1. The van der Waals surface area contributed by atoms with Crippen LogP contribution in [0.1, 0.15) is 64.0 Å². The first kappa shape index (κ1) is 24.5. The molecule has 0 aromatic heterocycles. The lowest BCUT2D eigenvalue weighted by atomic mass is 9.89. The number of nitrogens with zero attached hydrogens (tertiary/aromatic N) is 3. The molecule has 1 atom stereocenters. The van der Waals surface area contributed by atoms with Crippen molar-refractivity contribution in [1.29, 1.82) is 5.26 Å². The molecule has 0 radical (unpaired) electrons. The number of nitriles is 1. The normalized spacial score (nSPS) is 19.5. The molecule has 1 saturated carbocycles. The van der Waals surface area contributed by atoms with E-state index < -0.39 is 5.41 Å². The molecule has 1 aliphatic heterocycles. The molecule has 32 heavy (non-hydrogen) atoms. The Morgan fingerprint density at radius 1 is 1.28 bits per heavy atom. The Bertz CT molecular complexity index is 904. The van der Waals surface area contributed by atoms with E-state index in [1.54, 1.807) is 6.07 Å². The smallest absolute Gasteiger partial charge is 0.224 e. The van der Waals surface area contributed by atoms with E-state index in [1.165, 1.54) is 12.8 Å². The first-order valence-corrected chi connectivity index (χ1v) is 12.0. The van der Waals surface area contributed by atoms with Crippen LogP contribution in [0.5, 0.6) is 0 Å². The first-order valence-electron chi connectivity index (χ1n) is 11.6. The van der Waals surface area contributed by atoms with Crippen molar-refractivity contribution >= 4 is 29.1 Å². The van der Waals surface area contributed by atoms with Crippen molar-refractivity contribution < 1.29 is 9.59 Å². The highest BCUT2D eigenvalue weighted by molar-refractivity contribution is 6.31. The predicted molar refractivity (Wildman–Crippen MR) is 127 cm³/mol. The van der Waals surface area contributed by atoms with Crippen LogP contribution in [0.3, 0.4) is 0 Å². The van der Waals surface area contributed by atoms with E-state index in [9.17, 15) is 9.59 Å². The van der Waals surface area contributed by atoms with Gasteiger partial charge in [0.05, 0.1) is 11.5 Å². The summed E-state index contributed by atoms with van der Waals surface area (Å²) in [6, 6.07) is 6.16. The molecule has 1 heterocycles. The van der Waals surface area contributed by atoms with Crippen molar-refractivity contribution in [3.63, 3.8) is 0 Å². The Morgan fingerprint density at radius 2 is 2.00 bits per heavy atom. The van der Waals surface area contributed by atoms with Gasteiger partial charge in [0.1, 0.15) is 0 Å². The standard InChI is InChI=1S/C25H35ClN4O2/c1-17-14-29(9-10-30(17)24(32)11-19-5-6-19)15-20-12-21(26)13-22(18(20)2)28-23(31)7-8-25(3,4)16-27/h12-13,17,19H,5-11,14-15H2,1-4H3,(H,28,31)/t17-/m0/s1. The number of nitrogens with one attached hydrogen (secondary N) is 1. The summed E-state index contributed by atoms with van der Waals surface area (Å²) >= 11 is 6.38. The summed E-state index contributed by atoms with van der Waals surface area (Å²) in [4.78, 5) is 29.4. The highest BCUT2D eigenvalue weighted by atomic mass is 35.5. The minimum absolute atomic E-state index is 0.110. The van der Waals surface area contributed by atoms with Gasteiger partial charge in [-0.15, -0.1) is 0 Å². The molecule has 1 saturated heterocycles. The van der Waals surface area contributed by atoms with Crippen LogP contribution in [-0.4, -0.2) is 47.3 Å². The summed E-state index contributed by atoms with van der Waals surface area (Å²) in [7, 11) is 0. The molecule has 7 heteroatoms. The van der Waals surface area contributed by atoms with Crippen LogP contribution in [0, 0.1) is 29.6 Å². The molecule has 1 N–H and O–H groups in total. The van der Waals surface area contributed by atoms with Gasteiger partial charge in [0.2, 0.25) is 11.8 Å². The molecule has 174 valence electrons. The van der Waals surface area contributed by atoms with Gasteiger partial charge in [-0.25, -0.2) is 0 Å². The fourth-order valence-corrected chi connectivity index (χ4v) is 4.44. The summed E-state index contributed by atoms with van der Waals surface area (Å²) in [5.74, 6) is 0.797. The topological polar surface area (TPSA) is 76.4 Å². The van der Waals surface area contributed by atoms with Crippen LogP contribution in [0.4, 0.5) is 5.69 Å². The highest BCUT2D eigenvalue weighted by Crippen LogP contribution is 2.33. The Kier molecular flexibility index (Phi) is 7.84. The summed E-state index contributed by atoms with van der Waals surface area (Å²) in [6.07, 6.45) is 3.89. The van der Waals surface area contributed by atoms with E-state index in [0.29, 0.717) is 29.7 Å². The van der Waals surface area contributed by atoms with E-state index in [2.05, 4.69) is 23.2 Å². The van der Waals surface area contributed by atoms with Crippen molar-refractivity contribution in [3.05, 3.63) is 28.3 Å². The molecule has 1 aliphatic carbocycles. The molecule has 6 nitrogen and oxygen atoms in total. The zero-order chi connectivity index (χ0) is 23.5.